The number of likely N-dealkylation sites (tertiary alicyclic amines) is 1. The molecule has 3 aliphatic heterocycles. The second kappa shape index (κ2) is 15.9. The van der Waals surface area contributed by atoms with Crippen LogP contribution in [0.15, 0.2) is 64.8 Å². The number of hydrogen-bond donors (Lipinski definition) is 3. The van der Waals surface area contributed by atoms with Crippen LogP contribution in [0, 0.1) is 0 Å². The highest BCUT2D eigenvalue weighted by Crippen LogP contribution is 2.39. The molecule has 6 rings (SSSR count). The molecule has 0 spiro atoms. The summed E-state index contributed by atoms with van der Waals surface area (Å²) in [4.78, 5) is 43.7. The number of morpholine rings is 1. The van der Waals surface area contributed by atoms with Crippen molar-refractivity contribution in [1.29, 1.82) is 0 Å². The molecule has 0 bridgehead atoms. The molecular weight excluding hydrogens is 745 g/mol. The number of halogens is 1. The summed E-state index contributed by atoms with van der Waals surface area (Å²) in [6, 6.07) is 15.3. The molecular formula is C39H46IN5O5. The number of rotatable bonds is 7. The van der Waals surface area contributed by atoms with E-state index in [1.165, 1.54) is 16.2 Å². The third-order valence-electron chi connectivity index (χ3n) is 9.21. The van der Waals surface area contributed by atoms with Crippen LogP contribution in [0.1, 0.15) is 51.2 Å². The molecule has 11 heteroatoms. The Morgan fingerprint density at radius 3 is 2.18 bits per heavy atom. The Kier molecular flexibility index (Phi) is 11.3. The standard InChI is InChI=1S/C39H46IN5O5/c1-39(2,3)27-22-33(41-36(46)37(47)45-16-8-5-9-17-45)35(49-4)34(23-27)43-38(48)42-32-15-14-29(30-10-6-7-11-31(30)32)26-12-13-28(40-24-26)25-44-18-20-50-21-19-44/h6-7,10-15,22-24H,5,8-9,16-21,25H2,1-4H3,(H,41,46)(H2,42,43,48). The molecule has 0 unspecified atom stereocenters. The third kappa shape index (κ3) is 8.44. The Bertz CT molecular complexity index is 1870. The second-order valence-electron chi connectivity index (χ2n) is 13.8. The van der Waals surface area contributed by atoms with Crippen molar-refractivity contribution in [1.82, 2.24) is 9.80 Å². The number of nitrogens with one attached hydrogen (secondary N) is 3. The van der Waals surface area contributed by atoms with E-state index >= 15 is 0 Å². The minimum atomic E-state index is -0.727. The summed E-state index contributed by atoms with van der Waals surface area (Å²) >= 11 is -0.239. The van der Waals surface area contributed by atoms with Gasteiger partial charge in [0, 0.05) is 38.1 Å². The molecule has 3 aromatic carbocycles. The number of hydrogen-bond acceptors (Lipinski definition) is 6. The van der Waals surface area contributed by atoms with Crippen molar-refractivity contribution in [3.8, 4) is 5.75 Å². The summed E-state index contributed by atoms with van der Waals surface area (Å²) in [6.07, 6.45) is 7.32. The summed E-state index contributed by atoms with van der Waals surface area (Å²) in [7, 11) is 1.48. The zero-order valence-electron chi connectivity index (χ0n) is 29.2. The van der Waals surface area contributed by atoms with E-state index in [0.717, 1.165) is 74.0 Å². The van der Waals surface area contributed by atoms with Gasteiger partial charge in [0.25, 0.3) is 0 Å². The van der Waals surface area contributed by atoms with Crippen LogP contribution in [0.25, 0.3) is 16.3 Å². The SMILES string of the molecule is COc1c(NC(=O)Nc2ccc(C3=CI=C(CN4CCOCC4)C=C3)c3ccccc23)cc(C(C)(C)C)cc1NC(=O)C(=O)N1CCCCC1. The van der Waals surface area contributed by atoms with E-state index in [1.54, 1.807) is 11.0 Å². The summed E-state index contributed by atoms with van der Waals surface area (Å²) in [5.41, 5.74) is 4.23. The fraction of sp³-hybridized carbons (Fsp3) is 0.385. The minimum absolute atomic E-state index is 0.239. The smallest absolute Gasteiger partial charge is 0.323 e. The van der Waals surface area contributed by atoms with E-state index < -0.39 is 17.8 Å². The van der Waals surface area contributed by atoms with Gasteiger partial charge in [-0.05, 0) is 72.6 Å². The van der Waals surface area contributed by atoms with Crippen LogP contribution in [0.2, 0.25) is 0 Å². The van der Waals surface area contributed by atoms with E-state index in [9.17, 15) is 14.4 Å². The fourth-order valence-electron chi connectivity index (χ4n) is 6.41. The molecule has 3 heterocycles. The maximum Gasteiger partial charge on any atom is 0.323 e. The molecule has 10 nitrogen and oxygen atoms in total. The monoisotopic (exact) mass is 791 g/mol. The van der Waals surface area contributed by atoms with E-state index in [1.807, 2.05) is 51.1 Å². The number of nitrogens with zero attached hydrogens (tertiary/aromatic N) is 2. The van der Waals surface area contributed by atoms with Gasteiger partial charge < -0.3 is 30.3 Å². The van der Waals surface area contributed by atoms with Crippen molar-refractivity contribution in [2.24, 2.45) is 0 Å². The quantitative estimate of drug-likeness (QED) is 0.174. The maximum atomic E-state index is 13.6. The molecule has 0 radical (unpaired) electrons. The Morgan fingerprint density at radius 1 is 0.840 bits per heavy atom. The summed E-state index contributed by atoms with van der Waals surface area (Å²) < 4.78 is 15.1. The van der Waals surface area contributed by atoms with E-state index in [2.05, 4.69) is 49.2 Å². The van der Waals surface area contributed by atoms with Crippen LogP contribution >= 0.6 is 20.7 Å². The molecule has 4 amide bonds. The van der Waals surface area contributed by atoms with Gasteiger partial charge >= 0.3 is 17.8 Å². The number of benzene rings is 3. The van der Waals surface area contributed by atoms with Crippen LogP contribution < -0.4 is 20.7 Å². The van der Waals surface area contributed by atoms with Gasteiger partial charge in [0.15, 0.2) is 5.75 Å². The van der Waals surface area contributed by atoms with Gasteiger partial charge in [-0.25, -0.2) is 4.79 Å². The Hall–Kier alpha value is -4.07. The van der Waals surface area contributed by atoms with Crippen molar-refractivity contribution < 1.29 is 23.9 Å². The maximum absolute atomic E-state index is 13.6. The molecule has 3 aliphatic rings. The number of ether oxygens (including phenoxy) is 2. The normalized spacial score (nSPS) is 16.9. The first kappa shape index (κ1) is 35.7. The van der Waals surface area contributed by atoms with Crippen LogP contribution in [0.5, 0.6) is 5.75 Å². The Labute approximate surface area is 304 Å². The fourth-order valence-corrected chi connectivity index (χ4v) is 8.76. The lowest BCUT2D eigenvalue weighted by atomic mass is 9.86. The largest absolute Gasteiger partial charge is 0.492 e. The molecule has 0 aromatic heterocycles. The van der Waals surface area contributed by atoms with Crippen molar-refractivity contribution in [3.63, 3.8) is 0 Å². The zero-order valence-corrected chi connectivity index (χ0v) is 31.4. The number of fused-ring (bicyclic) bond motifs is 1. The van der Waals surface area contributed by atoms with Crippen molar-refractivity contribution in [2.75, 3.05) is 69.0 Å². The predicted octanol–water partition coefficient (Wildman–Crippen LogP) is 7.13. The van der Waals surface area contributed by atoms with E-state index in [0.29, 0.717) is 30.2 Å². The molecule has 0 aliphatic carbocycles. The van der Waals surface area contributed by atoms with Gasteiger partial charge in [-0.3, -0.25) is 14.5 Å². The number of amides is 4. The van der Waals surface area contributed by atoms with Crippen LogP contribution in [0.4, 0.5) is 21.9 Å². The predicted molar refractivity (Wildman–Crippen MR) is 211 cm³/mol. The summed E-state index contributed by atoms with van der Waals surface area (Å²) in [6.45, 7) is 11.8. The number of allylic oxidation sites excluding steroid dienone is 2. The first-order valence-corrected chi connectivity index (χ1v) is 19.5. The van der Waals surface area contributed by atoms with Gasteiger partial charge in [0.1, 0.15) is 0 Å². The second-order valence-corrected chi connectivity index (χ2v) is 16.4. The van der Waals surface area contributed by atoms with Gasteiger partial charge in [0.05, 0.1) is 37.4 Å². The van der Waals surface area contributed by atoms with Crippen molar-refractivity contribution in [3.05, 3.63) is 75.9 Å². The topological polar surface area (TPSA) is 112 Å². The van der Waals surface area contributed by atoms with Crippen LogP contribution in [-0.4, -0.2) is 84.2 Å². The number of piperidine rings is 1. The minimum Gasteiger partial charge on any atom is -0.492 e. The average molecular weight is 792 g/mol. The van der Waals surface area contributed by atoms with E-state index in [4.69, 9.17) is 9.47 Å². The number of carbonyl (C=O) groups is 3. The highest BCUT2D eigenvalue weighted by Gasteiger charge is 2.27. The van der Waals surface area contributed by atoms with E-state index in [-0.39, 0.29) is 31.9 Å². The molecule has 3 aromatic rings. The molecule has 2 fully saturated rings. The first-order valence-electron chi connectivity index (χ1n) is 17.2. The van der Waals surface area contributed by atoms with Gasteiger partial charge in [-0.1, -0.05) is 84.0 Å². The zero-order chi connectivity index (χ0) is 35.3. The lowest BCUT2D eigenvalue weighted by Gasteiger charge is -2.27. The average Bonchev–Trinajstić information content (AvgIpc) is 3.12. The number of methoxy groups -OCH3 is 1. The number of carbonyl (C=O) groups excluding carboxylic acids is 3. The molecule has 3 N–H and O–H groups in total. The summed E-state index contributed by atoms with van der Waals surface area (Å²) in [5, 5.41) is 10.8. The Morgan fingerprint density at radius 2 is 1.52 bits per heavy atom. The van der Waals surface area contributed by atoms with Gasteiger partial charge in [-0.2, -0.15) is 0 Å². The van der Waals surface area contributed by atoms with Crippen molar-refractivity contribution in [2.45, 2.75) is 45.4 Å². The highest BCUT2D eigenvalue weighted by molar-refractivity contribution is 14.2. The highest BCUT2D eigenvalue weighted by atomic mass is 127. The number of anilines is 3. The number of urea groups is 1. The molecule has 50 heavy (non-hydrogen) atoms. The van der Waals surface area contributed by atoms with Gasteiger partial charge in [0.2, 0.25) is 0 Å². The Balaban J connectivity index is 1.22. The molecule has 2 saturated heterocycles. The summed E-state index contributed by atoms with van der Waals surface area (Å²) in [5.74, 6) is -1.03. The third-order valence-corrected chi connectivity index (χ3v) is 11.7. The molecule has 0 saturated carbocycles. The van der Waals surface area contributed by atoms with Crippen molar-refractivity contribution >= 4 is 75.5 Å². The lowest BCUT2D eigenvalue weighted by molar-refractivity contribution is -0.143. The lowest BCUT2D eigenvalue weighted by Crippen LogP contribution is -2.42. The van der Waals surface area contributed by atoms with Crippen LogP contribution in [0.3, 0.4) is 0 Å². The van der Waals surface area contributed by atoms with Crippen LogP contribution in [-0.2, 0) is 19.7 Å². The first-order chi connectivity index (χ1) is 24.1. The molecule has 264 valence electrons. The van der Waals surface area contributed by atoms with Gasteiger partial charge in [-0.15, -0.1) is 0 Å². The molecule has 0 atom stereocenters.